The second kappa shape index (κ2) is 10.5. The summed E-state index contributed by atoms with van der Waals surface area (Å²) < 4.78 is 33.9. The van der Waals surface area contributed by atoms with E-state index in [1.807, 2.05) is 0 Å². The molecule has 0 aliphatic heterocycles. The van der Waals surface area contributed by atoms with Crippen LogP contribution >= 0.6 is 11.3 Å². The molecule has 0 bridgehead atoms. The second-order valence-electron chi connectivity index (χ2n) is 8.10. The van der Waals surface area contributed by atoms with Crippen LogP contribution in [0.15, 0.2) is 23.1 Å². The van der Waals surface area contributed by atoms with E-state index in [9.17, 15) is 28.1 Å². The Balaban J connectivity index is 2.03. The number of nitro benzene ring substituents is 1. The van der Waals surface area contributed by atoms with E-state index in [4.69, 9.17) is 4.74 Å². The lowest BCUT2D eigenvalue weighted by Gasteiger charge is -2.23. The average Bonchev–Trinajstić information content (AvgIpc) is 3.09. The normalized spacial score (nSPS) is 14.4. The zero-order chi connectivity index (χ0) is 25.0. The van der Waals surface area contributed by atoms with Gasteiger partial charge in [0.25, 0.3) is 21.6 Å². The van der Waals surface area contributed by atoms with Gasteiger partial charge in [0.1, 0.15) is 9.88 Å². The lowest BCUT2D eigenvalue weighted by atomic mass is 9.95. The fourth-order valence-electron chi connectivity index (χ4n) is 3.92. The van der Waals surface area contributed by atoms with Crippen molar-refractivity contribution >= 4 is 43.9 Å². The fourth-order valence-corrected chi connectivity index (χ4v) is 6.59. The third-order valence-electron chi connectivity index (χ3n) is 5.67. The van der Waals surface area contributed by atoms with Crippen molar-refractivity contribution in [2.45, 2.75) is 63.8 Å². The predicted molar refractivity (Wildman–Crippen MR) is 128 cm³/mol. The first kappa shape index (κ1) is 25.6. The standard InChI is InChI=1S/C22H27N3O7S2/c1-4-32-22(27)19-14(3)18(20(26)23-15-8-6-5-7-9-15)21(33-19)24-34(30,31)17-12-16(25(28)29)11-10-13(17)2/h10-12,15,24H,4-9H2,1-3H3,(H,23,26). The Morgan fingerprint density at radius 3 is 2.50 bits per heavy atom. The highest BCUT2D eigenvalue weighted by atomic mass is 32.2. The maximum Gasteiger partial charge on any atom is 0.348 e. The maximum absolute atomic E-state index is 13.2. The molecular weight excluding hydrogens is 482 g/mol. The molecule has 2 N–H and O–H groups in total. The minimum absolute atomic E-state index is 0.0323. The Bertz CT molecular complexity index is 1220. The van der Waals surface area contributed by atoms with Crippen LogP contribution in [0.25, 0.3) is 0 Å². The van der Waals surface area contributed by atoms with Crippen molar-refractivity contribution in [1.29, 1.82) is 0 Å². The Hall–Kier alpha value is -2.99. The predicted octanol–water partition coefficient (Wildman–Crippen LogP) is 4.31. The lowest BCUT2D eigenvalue weighted by molar-refractivity contribution is -0.385. The number of hydrogen-bond acceptors (Lipinski definition) is 8. The van der Waals surface area contributed by atoms with Crippen LogP contribution in [0.1, 0.15) is 70.2 Å². The first-order valence-corrected chi connectivity index (χ1v) is 13.2. The second-order valence-corrected chi connectivity index (χ2v) is 10.8. The van der Waals surface area contributed by atoms with E-state index in [0.717, 1.165) is 49.5 Å². The number of anilines is 1. The van der Waals surface area contributed by atoms with Crippen molar-refractivity contribution in [2.75, 3.05) is 11.3 Å². The van der Waals surface area contributed by atoms with Gasteiger partial charge in [-0.25, -0.2) is 13.2 Å². The van der Waals surface area contributed by atoms with E-state index < -0.39 is 26.8 Å². The number of esters is 1. The number of nitrogens with one attached hydrogen (secondary N) is 2. The molecule has 1 heterocycles. The topological polar surface area (TPSA) is 145 Å². The molecule has 0 atom stereocenters. The monoisotopic (exact) mass is 509 g/mol. The Labute approximate surface area is 201 Å². The van der Waals surface area contributed by atoms with Gasteiger partial charge in [0.2, 0.25) is 0 Å². The number of amides is 1. The fraction of sp³-hybridized carbons (Fsp3) is 0.455. The van der Waals surface area contributed by atoms with Gasteiger partial charge in [0.15, 0.2) is 0 Å². The van der Waals surface area contributed by atoms with Crippen molar-refractivity contribution in [3.05, 3.63) is 49.9 Å². The summed E-state index contributed by atoms with van der Waals surface area (Å²) in [6.45, 7) is 4.84. The van der Waals surface area contributed by atoms with Gasteiger partial charge in [0.05, 0.1) is 22.0 Å². The number of rotatable bonds is 8. The summed E-state index contributed by atoms with van der Waals surface area (Å²) in [7, 11) is -4.31. The van der Waals surface area contributed by atoms with Crippen molar-refractivity contribution in [3.63, 3.8) is 0 Å². The van der Waals surface area contributed by atoms with Gasteiger partial charge in [-0.3, -0.25) is 19.6 Å². The van der Waals surface area contributed by atoms with Gasteiger partial charge in [-0.15, -0.1) is 11.3 Å². The summed E-state index contributed by atoms with van der Waals surface area (Å²) in [5.74, 6) is -1.14. The SMILES string of the molecule is CCOC(=O)c1sc(NS(=O)(=O)c2cc([N+](=O)[O-])ccc2C)c(C(=O)NC2CCCCC2)c1C. The number of nitro groups is 1. The van der Waals surface area contributed by atoms with E-state index in [-0.39, 0.29) is 38.7 Å². The summed E-state index contributed by atoms with van der Waals surface area (Å²) in [6, 6.07) is 3.49. The molecular formula is C22H27N3O7S2. The number of aryl methyl sites for hydroxylation is 1. The Kier molecular flexibility index (Phi) is 7.93. The summed E-state index contributed by atoms with van der Waals surface area (Å²) in [5, 5.41) is 14.1. The molecule has 1 aromatic carbocycles. The van der Waals surface area contributed by atoms with Gasteiger partial charge in [-0.2, -0.15) is 0 Å². The molecule has 3 rings (SSSR count). The van der Waals surface area contributed by atoms with Crippen LogP contribution < -0.4 is 10.0 Å². The highest BCUT2D eigenvalue weighted by molar-refractivity contribution is 7.93. The molecule has 34 heavy (non-hydrogen) atoms. The number of carbonyl (C=O) groups excluding carboxylic acids is 2. The minimum atomic E-state index is -4.31. The first-order valence-electron chi connectivity index (χ1n) is 10.9. The molecule has 1 aliphatic rings. The number of carbonyl (C=O) groups is 2. The summed E-state index contributed by atoms with van der Waals surface area (Å²) in [4.78, 5) is 36.0. The molecule has 1 amide bonds. The number of thiophene rings is 1. The molecule has 0 radical (unpaired) electrons. The van der Waals surface area contributed by atoms with Crippen LogP contribution in [0.5, 0.6) is 0 Å². The Morgan fingerprint density at radius 1 is 1.21 bits per heavy atom. The zero-order valence-corrected chi connectivity index (χ0v) is 20.8. The van der Waals surface area contributed by atoms with Gasteiger partial charge in [-0.05, 0) is 44.7 Å². The van der Waals surface area contributed by atoms with Gasteiger partial charge in [0, 0.05) is 18.2 Å². The highest BCUT2D eigenvalue weighted by Gasteiger charge is 2.30. The zero-order valence-electron chi connectivity index (χ0n) is 19.2. The molecule has 0 spiro atoms. The van der Waals surface area contributed by atoms with E-state index in [0.29, 0.717) is 11.1 Å². The quantitative estimate of drug-likeness (QED) is 0.306. The molecule has 1 aromatic heterocycles. The average molecular weight is 510 g/mol. The number of ether oxygens (including phenoxy) is 1. The summed E-state index contributed by atoms with van der Waals surface area (Å²) >= 11 is 0.803. The highest BCUT2D eigenvalue weighted by Crippen LogP contribution is 2.36. The van der Waals surface area contributed by atoms with Crippen LogP contribution in [0, 0.1) is 24.0 Å². The number of hydrogen-bond donors (Lipinski definition) is 2. The van der Waals surface area contributed by atoms with Crippen LogP contribution in [0.2, 0.25) is 0 Å². The molecule has 1 fully saturated rings. The van der Waals surface area contributed by atoms with E-state index in [2.05, 4.69) is 10.0 Å². The third-order valence-corrected chi connectivity index (χ3v) is 8.48. The van der Waals surface area contributed by atoms with Crippen LogP contribution in [0.3, 0.4) is 0 Å². The van der Waals surface area contributed by atoms with E-state index in [1.165, 1.54) is 19.1 Å². The minimum Gasteiger partial charge on any atom is -0.462 e. The number of benzene rings is 1. The molecule has 184 valence electrons. The lowest BCUT2D eigenvalue weighted by Crippen LogP contribution is -2.36. The molecule has 0 saturated heterocycles. The third kappa shape index (κ3) is 5.55. The molecule has 10 nitrogen and oxygen atoms in total. The molecule has 12 heteroatoms. The van der Waals surface area contributed by atoms with E-state index >= 15 is 0 Å². The van der Waals surface area contributed by atoms with Crippen LogP contribution in [0.4, 0.5) is 10.7 Å². The maximum atomic E-state index is 13.2. The van der Waals surface area contributed by atoms with E-state index in [1.54, 1.807) is 13.8 Å². The smallest absolute Gasteiger partial charge is 0.348 e. The molecule has 1 aliphatic carbocycles. The molecule has 2 aromatic rings. The number of nitrogens with zero attached hydrogens (tertiary/aromatic N) is 1. The molecule has 0 unspecified atom stereocenters. The van der Waals surface area contributed by atoms with Crippen molar-refractivity contribution < 1.29 is 27.7 Å². The summed E-state index contributed by atoms with van der Waals surface area (Å²) in [6.07, 6.45) is 4.74. The van der Waals surface area contributed by atoms with Crippen molar-refractivity contribution in [1.82, 2.24) is 5.32 Å². The van der Waals surface area contributed by atoms with Crippen LogP contribution in [-0.4, -0.2) is 37.9 Å². The van der Waals surface area contributed by atoms with Crippen LogP contribution in [-0.2, 0) is 14.8 Å². The largest absolute Gasteiger partial charge is 0.462 e. The first-order chi connectivity index (χ1) is 16.0. The van der Waals surface area contributed by atoms with Gasteiger partial charge < -0.3 is 10.1 Å². The Morgan fingerprint density at radius 2 is 1.88 bits per heavy atom. The number of non-ortho nitro benzene ring substituents is 1. The summed E-state index contributed by atoms with van der Waals surface area (Å²) in [5.41, 5.74) is 0.275. The van der Waals surface area contributed by atoms with Gasteiger partial charge >= 0.3 is 5.97 Å². The van der Waals surface area contributed by atoms with Crippen molar-refractivity contribution in [2.24, 2.45) is 0 Å². The molecule has 1 saturated carbocycles. The number of sulfonamides is 1. The van der Waals surface area contributed by atoms with Crippen molar-refractivity contribution in [3.8, 4) is 0 Å². The van der Waals surface area contributed by atoms with Gasteiger partial charge in [-0.1, -0.05) is 25.3 Å².